The number of methoxy groups -OCH3 is 2. The molecule has 0 bridgehead atoms. The van der Waals surface area contributed by atoms with Gasteiger partial charge in [0.15, 0.2) is 0 Å². The van der Waals surface area contributed by atoms with Gasteiger partial charge in [-0.1, -0.05) is 0 Å². The first-order valence-corrected chi connectivity index (χ1v) is 13.7. The van der Waals surface area contributed by atoms with Crippen LogP contribution in [0.3, 0.4) is 0 Å². The van der Waals surface area contributed by atoms with Crippen molar-refractivity contribution in [3.05, 3.63) is 83.9 Å². The molecule has 5 nitrogen and oxygen atoms in total. The minimum Gasteiger partial charge on any atom is -0.412 e. The van der Waals surface area contributed by atoms with Gasteiger partial charge in [0.1, 0.15) is 0 Å². The van der Waals surface area contributed by atoms with Crippen molar-refractivity contribution in [3.8, 4) is 11.5 Å². The normalized spacial score (nSPS) is 17.5. The Morgan fingerprint density at radius 3 is 2.19 bits per heavy atom. The summed E-state index contributed by atoms with van der Waals surface area (Å²) < 4.78 is 12.7. The molecule has 1 radical (unpaired) electrons. The maximum Gasteiger partial charge on any atom is -0.412 e. The smallest absolute Gasteiger partial charge is 0.412 e. The van der Waals surface area contributed by atoms with Gasteiger partial charge in [-0.3, -0.25) is 0 Å². The van der Waals surface area contributed by atoms with E-state index in [4.69, 9.17) is 9.47 Å². The number of carbonyl (C=O) groups is 1. The number of hydrogen-bond acceptors (Lipinski definition) is 4. The van der Waals surface area contributed by atoms with Crippen molar-refractivity contribution >= 4 is 37.7 Å². The van der Waals surface area contributed by atoms with Crippen LogP contribution in [0.4, 0.5) is 5.69 Å². The Bertz CT molecular complexity index is 1020. The van der Waals surface area contributed by atoms with Crippen LogP contribution >= 0.6 is 0 Å². The van der Waals surface area contributed by atoms with Crippen LogP contribution in [-0.2, 0) is 4.79 Å². The quantitative estimate of drug-likeness (QED) is 0.517. The first-order valence-electron chi connectivity index (χ1n) is 10.1. The molecule has 0 saturated carbocycles. The van der Waals surface area contributed by atoms with Crippen molar-refractivity contribution in [1.82, 2.24) is 0 Å². The number of carbonyl (C=O) groups excluding carboxylic acids is 1. The second-order valence-electron chi connectivity index (χ2n) is 7.62. The van der Waals surface area contributed by atoms with Crippen LogP contribution in [0.1, 0.15) is 30.0 Å². The molecule has 159 valence electrons. The van der Waals surface area contributed by atoms with Crippen molar-refractivity contribution in [3.63, 3.8) is 0 Å². The van der Waals surface area contributed by atoms with Crippen molar-refractivity contribution in [2.45, 2.75) is 22.6 Å². The van der Waals surface area contributed by atoms with E-state index in [1.165, 1.54) is 8.88 Å². The Morgan fingerprint density at radius 1 is 0.935 bits per heavy atom. The third-order valence-electron chi connectivity index (χ3n) is 5.69. The van der Waals surface area contributed by atoms with Crippen molar-refractivity contribution in [2.75, 3.05) is 19.5 Å². The summed E-state index contributed by atoms with van der Waals surface area (Å²) in [7, 11) is 3.25. The average molecular weight is 520 g/mol. The third kappa shape index (κ3) is 4.91. The molecule has 3 atom stereocenters. The van der Waals surface area contributed by atoms with E-state index in [1.807, 2.05) is 48.5 Å². The molecule has 0 amide bonds. The Balaban J connectivity index is 0.00000272. The first kappa shape index (κ1) is 23.2. The minimum atomic E-state index is -0.980. The number of hydrogen-bond donors (Lipinski definition) is 1. The molecule has 6 heteroatoms. The molecule has 0 saturated heterocycles. The molecule has 0 spiro atoms. The zero-order valence-corrected chi connectivity index (χ0v) is 21.3. The van der Waals surface area contributed by atoms with Crippen molar-refractivity contribution in [1.29, 1.82) is 0 Å². The summed E-state index contributed by atoms with van der Waals surface area (Å²) in [6, 6.07) is 23.7. The number of nitrogens with one attached hydrogen (secondary N) is 1. The summed E-state index contributed by atoms with van der Waals surface area (Å²) in [5.41, 5.74) is 3.00. The zero-order valence-electron chi connectivity index (χ0n) is 18.0. The number of rotatable bonds is 7. The predicted octanol–water partition coefficient (Wildman–Crippen LogP) is 3.54. The largest absolute Gasteiger partial charge is 0.412 e. The zero-order chi connectivity index (χ0) is 21.1. The Morgan fingerprint density at radius 2 is 1.55 bits per heavy atom. The van der Waals surface area contributed by atoms with Crippen molar-refractivity contribution in [2.24, 2.45) is 0 Å². The topological polar surface area (TPSA) is 79.1 Å². The van der Waals surface area contributed by atoms with Gasteiger partial charge in [0.25, 0.3) is 0 Å². The number of fused-ring (bicyclic) bond motifs is 1. The molecule has 31 heavy (non-hydrogen) atoms. The number of ether oxygens (including phenoxy) is 2. The molecule has 3 aromatic rings. The monoisotopic (exact) mass is 520 g/mol. The molecular formula is C25H27InNO4. The molecule has 0 aromatic heterocycles. The summed E-state index contributed by atoms with van der Waals surface area (Å²) in [4.78, 5) is 13.9. The van der Waals surface area contributed by atoms with E-state index in [2.05, 4.69) is 36.5 Å². The molecule has 3 N–H and O–H groups in total. The summed E-state index contributed by atoms with van der Waals surface area (Å²) in [5.74, 6) is 1.55. The van der Waals surface area contributed by atoms with E-state index in [1.54, 1.807) is 14.2 Å². The van der Waals surface area contributed by atoms with E-state index >= 15 is 0 Å². The van der Waals surface area contributed by atoms with E-state index in [0.29, 0.717) is 15.2 Å². The molecule has 0 aliphatic carbocycles. The summed E-state index contributed by atoms with van der Waals surface area (Å²) in [5, 5.41) is 3.48. The van der Waals surface area contributed by atoms with Gasteiger partial charge in [-0.2, -0.15) is 0 Å². The SMILES string of the molecule is COc1cc(NC(C(=O)C2c3cccc[c]3[In][CH]2C)c2ccccc2)cc(OC)c1.O. The second kappa shape index (κ2) is 10.2. The fraction of sp³-hybridized carbons (Fsp3) is 0.240. The number of Topliss-reactive ketones (excluding diaryl/α,β-unsaturated/α-hetero) is 1. The first-order chi connectivity index (χ1) is 14.6. The van der Waals surface area contributed by atoms with Gasteiger partial charge in [0.05, 0.1) is 0 Å². The van der Waals surface area contributed by atoms with Crippen LogP contribution in [0.15, 0.2) is 72.8 Å². The predicted molar refractivity (Wildman–Crippen MR) is 125 cm³/mol. The average Bonchev–Trinajstić information content (AvgIpc) is 3.13. The Kier molecular flexibility index (Phi) is 7.68. The Labute approximate surface area is 194 Å². The number of ketones is 1. The second-order valence-corrected chi connectivity index (χ2v) is 13.4. The standard InChI is InChI=1S/C25H25NO3.In.H2O/c1-4-23(18-11-7-5-8-12-18)25(27)24(19-13-9-6-10-14-19)26-20-15-21(28-2)17-22(16-20)29-3;;/h4-11,13-17,23-24,26H,1-3H3;;1H2. The summed E-state index contributed by atoms with van der Waals surface area (Å²) in [6.07, 6.45) is 0. The number of benzene rings is 3. The van der Waals surface area contributed by atoms with Crippen LogP contribution in [0, 0.1) is 0 Å². The fourth-order valence-electron chi connectivity index (χ4n) is 4.22. The molecule has 3 aromatic carbocycles. The van der Waals surface area contributed by atoms with Gasteiger partial charge in [0.2, 0.25) is 0 Å². The molecule has 1 aliphatic heterocycles. The van der Waals surface area contributed by atoms with E-state index < -0.39 is 28.9 Å². The summed E-state index contributed by atoms with van der Waals surface area (Å²) >= 11 is -0.980. The number of anilines is 1. The molecule has 4 rings (SSSR count). The molecule has 3 unspecified atom stereocenters. The fourth-order valence-corrected chi connectivity index (χ4v) is 9.49. The van der Waals surface area contributed by atoms with Crippen LogP contribution < -0.4 is 18.1 Å². The summed E-state index contributed by atoms with van der Waals surface area (Å²) in [6.45, 7) is 2.25. The molecular weight excluding hydrogens is 493 g/mol. The van der Waals surface area contributed by atoms with E-state index in [-0.39, 0.29) is 17.2 Å². The third-order valence-corrected chi connectivity index (χ3v) is 10.8. The van der Waals surface area contributed by atoms with Gasteiger partial charge in [-0.15, -0.1) is 0 Å². The Hall–Kier alpha value is -2.44. The van der Waals surface area contributed by atoms with Crippen LogP contribution in [-0.4, -0.2) is 48.4 Å². The van der Waals surface area contributed by atoms with Crippen LogP contribution in [0.2, 0.25) is 3.67 Å². The van der Waals surface area contributed by atoms with Gasteiger partial charge >= 0.3 is 189 Å². The van der Waals surface area contributed by atoms with Gasteiger partial charge in [-0.05, 0) is 0 Å². The van der Waals surface area contributed by atoms with E-state index in [9.17, 15) is 4.79 Å². The maximum absolute atomic E-state index is 13.9. The molecule has 1 aliphatic rings. The van der Waals surface area contributed by atoms with Gasteiger partial charge < -0.3 is 5.48 Å². The van der Waals surface area contributed by atoms with Crippen LogP contribution in [0.25, 0.3) is 0 Å². The van der Waals surface area contributed by atoms with Crippen molar-refractivity contribution < 1.29 is 19.7 Å². The molecule has 1 heterocycles. The van der Waals surface area contributed by atoms with Crippen LogP contribution in [0.5, 0.6) is 11.5 Å². The molecule has 0 fully saturated rings. The van der Waals surface area contributed by atoms with Gasteiger partial charge in [0, 0.05) is 0 Å². The van der Waals surface area contributed by atoms with E-state index in [0.717, 1.165) is 11.3 Å². The maximum atomic E-state index is 13.9. The van der Waals surface area contributed by atoms with Gasteiger partial charge in [-0.25, -0.2) is 0 Å². The minimum absolute atomic E-state index is 0.